The van der Waals surface area contributed by atoms with Gasteiger partial charge in [0.2, 0.25) is 11.8 Å². The van der Waals surface area contributed by atoms with E-state index < -0.39 is 6.10 Å². The molecular weight excluding hydrogens is 485 g/mol. The third-order valence-corrected chi connectivity index (χ3v) is 7.19. The molecule has 3 aliphatic rings. The number of amides is 2. The van der Waals surface area contributed by atoms with Gasteiger partial charge in [-0.3, -0.25) is 19.4 Å². The molecule has 0 spiro atoms. The Hall–Kier alpha value is -2.68. The van der Waals surface area contributed by atoms with Crippen molar-refractivity contribution in [3.63, 3.8) is 0 Å². The summed E-state index contributed by atoms with van der Waals surface area (Å²) in [6.45, 7) is 3.13. The lowest BCUT2D eigenvalue weighted by Crippen LogP contribution is -2.51. The molecule has 0 bridgehead atoms. The van der Waals surface area contributed by atoms with Crippen LogP contribution in [0.4, 0.5) is 10.1 Å². The summed E-state index contributed by atoms with van der Waals surface area (Å²) in [7, 11) is 0. The van der Waals surface area contributed by atoms with E-state index in [0.717, 1.165) is 18.5 Å². The van der Waals surface area contributed by atoms with Crippen molar-refractivity contribution < 1.29 is 23.8 Å². The van der Waals surface area contributed by atoms with Crippen LogP contribution in [0, 0.1) is 5.82 Å². The SMILES string of the molecule is Cl.O=C1CCCC(=O)N1CC(O)CN1CCN(c2cc(F)ccc2OC2Cc3ccccc3C2)CC1. The van der Waals surface area contributed by atoms with Gasteiger partial charge in [-0.25, -0.2) is 4.39 Å². The Morgan fingerprint density at radius 2 is 1.58 bits per heavy atom. The van der Waals surface area contributed by atoms with Gasteiger partial charge in [-0.2, -0.15) is 0 Å². The predicted molar refractivity (Wildman–Crippen MR) is 137 cm³/mol. The molecule has 1 unspecified atom stereocenters. The minimum Gasteiger partial charge on any atom is -0.488 e. The van der Waals surface area contributed by atoms with Gasteiger partial charge in [0, 0.05) is 64.5 Å². The standard InChI is InChI=1S/C27H32FN3O4.ClH/c28-21-8-9-25(35-23-14-19-4-1-2-5-20(19)15-23)24(16-21)30-12-10-29(11-13-30)17-22(32)18-31-26(33)6-3-7-27(31)34;/h1-2,4-5,8-9,16,22-23,32H,3,6-7,10-15,17-18H2;1H. The Morgan fingerprint density at radius 1 is 0.944 bits per heavy atom. The lowest BCUT2D eigenvalue weighted by Gasteiger charge is -2.38. The fourth-order valence-electron chi connectivity index (χ4n) is 5.36. The Balaban J connectivity index is 0.00000304. The second kappa shape index (κ2) is 11.6. The molecule has 5 rings (SSSR count). The number of hydrogen-bond donors (Lipinski definition) is 1. The van der Waals surface area contributed by atoms with E-state index in [1.165, 1.54) is 28.2 Å². The highest BCUT2D eigenvalue weighted by molar-refractivity contribution is 5.97. The maximum atomic E-state index is 14.2. The topological polar surface area (TPSA) is 73.3 Å². The fourth-order valence-corrected chi connectivity index (χ4v) is 5.36. The highest BCUT2D eigenvalue weighted by atomic mass is 35.5. The van der Waals surface area contributed by atoms with E-state index in [0.29, 0.717) is 57.7 Å². The number of β-amino-alcohol motifs (C(OH)–C–C–N with tert-alkyl or cyclic N) is 1. The normalized spacial score (nSPS) is 19.7. The maximum absolute atomic E-state index is 14.2. The number of ether oxygens (including phenoxy) is 1. The van der Waals surface area contributed by atoms with E-state index in [9.17, 15) is 19.1 Å². The first kappa shape index (κ1) is 26.4. The van der Waals surface area contributed by atoms with E-state index >= 15 is 0 Å². The van der Waals surface area contributed by atoms with Crippen LogP contribution >= 0.6 is 12.4 Å². The van der Waals surface area contributed by atoms with Crippen molar-refractivity contribution in [2.24, 2.45) is 0 Å². The number of imide groups is 1. The molecule has 1 aliphatic carbocycles. The first-order chi connectivity index (χ1) is 17.0. The third kappa shape index (κ3) is 5.99. The van der Waals surface area contributed by atoms with Gasteiger partial charge >= 0.3 is 0 Å². The van der Waals surface area contributed by atoms with Crippen molar-refractivity contribution in [3.8, 4) is 5.75 Å². The molecule has 7 nitrogen and oxygen atoms in total. The number of rotatable bonds is 7. The van der Waals surface area contributed by atoms with Gasteiger partial charge in [0.1, 0.15) is 17.7 Å². The van der Waals surface area contributed by atoms with Crippen LogP contribution in [0.3, 0.4) is 0 Å². The van der Waals surface area contributed by atoms with Crippen molar-refractivity contribution in [2.75, 3.05) is 44.2 Å². The van der Waals surface area contributed by atoms with Gasteiger partial charge in [-0.1, -0.05) is 24.3 Å². The fraction of sp³-hybridized carbons (Fsp3) is 0.481. The van der Waals surface area contributed by atoms with Crippen LogP contribution in [-0.2, 0) is 22.4 Å². The number of benzene rings is 2. The lowest BCUT2D eigenvalue weighted by molar-refractivity contribution is -0.149. The number of piperidine rings is 1. The third-order valence-electron chi connectivity index (χ3n) is 7.19. The molecule has 2 aromatic carbocycles. The zero-order valence-corrected chi connectivity index (χ0v) is 21.1. The molecule has 1 atom stereocenters. The number of piperazine rings is 1. The number of carbonyl (C=O) groups excluding carboxylic acids is 2. The molecule has 2 aromatic rings. The van der Waals surface area contributed by atoms with Gasteiger partial charge in [-0.15, -0.1) is 12.4 Å². The number of fused-ring (bicyclic) bond motifs is 1. The summed E-state index contributed by atoms with van der Waals surface area (Å²) in [6.07, 6.45) is 2.26. The van der Waals surface area contributed by atoms with Gasteiger partial charge in [0.25, 0.3) is 0 Å². The van der Waals surface area contributed by atoms with Crippen LogP contribution in [0.2, 0.25) is 0 Å². The van der Waals surface area contributed by atoms with E-state index in [1.54, 1.807) is 6.07 Å². The summed E-state index contributed by atoms with van der Waals surface area (Å²) >= 11 is 0. The molecule has 2 aliphatic heterocycles. The van der Waals surface area contributed by atoms with Crippen LogP contribution in [-0.4, -0.2) is 78.2 Å². The Bertz CT molecular complexity index is 1050. The average molecular weight is 518 g/mol. The Kier molecular flexibility index (Phi) is 8.49. The molecule has 0 aromatic heterocycles. The molecule has 2 saturated heterocycles. The molecule has 1 N–H and O–H groups in total. The second-order valence-corrected chi connectivity index (χ2v) is 9.72. The number of halogens is 2. The number of aliphatic hydroxyl groups is 1. The minimum absolute atomic E-state index is 0. The number of hydrogen-bond acceptors (Lipinski definition) is 6. The summed E-state index contributed by atoms with van der Waals surface area (Å²) in [5.41, 5.74) is 3.37. The first-order valence-corrected chi connectivity index (χ1v) is 12.5. The van der Waals surface area contributed by atoms with Crippen molar-refractivity contribution in [1.29, 1.82) is 0 Å². The zero-order valence-electron chi connectivity index (χ0n) is 20.3. The van der Waals surface area contributed by atoms with Gasteiger partial charge in [0.15, 0.2) is 0 Å². The molecule has 0 radical (unpaired) electrons. The highest BCUT2D eigenvalue weighted by Crippen LogP contribution is 2.33. The molecule has 2 fully saturated rings. The summed E-state index contributed by atoms with van der Waals surface area (Å²) in [4.78, 5) is 29.5. The smallest absolute Gasteiger partial charge is 0.229 e. The number of carbonyl (C=O) groups is 2. The average Bonchev–Trinajstić information content (AvgIpc) is 3.26. The number of anilines is 1. The summed E-state index contributed by atoms with van der Waals surface area (Å²) < 4.78 is 20.5. The van der Waals surface area contributed by atoms with Gasteiger partial charge < -0.3 is 14.7 Å². The van der Waals surface area contributed by atoms with Crippen LogP contribution < -0.4 is 9.64 Å². The van der Waals surface area contributed by atoms with Crippen LogP contribution in [0.5, 0.6) is 5.75 Å². The highest BCUT2D eigenvalue weighted by Gasteiger charge is 2.30. The molecule has 36 heavy (non-hydrogen) atoms. The largest absolute Gasteiger partial charge is 0.488 e. The van der Waals surface area contributed by atoms with E-state index in [1.807, 2.05) is 12.1 Å². The van der Waals surface area contributed by atoms with E-state index in [2.05, 4.69) is 21.9 Å². The van der Waals surface area contributed by atoms with Crippen LogP contribution in [0.15, 0.2) is 42.5 Å². The lowest BCUT2D eigenvalue weighted by atomic mass is 10.1. The Morgan fingerprint density at radius 3 is 2.22 bits per heavy atom. The summed E-state index contributed by atoms with van der Waals surface area (Å²) in [5, 5.41) is 10.5. The molecule has 2 heterocycles. The quantitative estimate of drug-likeness (QED) is 0.569. The molecule has 194 valence electrons. The van der Waals surface area contributed by atoms with Crippen molar-refractivity contribution in [1.82, 2.24) is 9.80 Å². The summed E-state index contributed by atoms with van der Waals surface area (Å²) in [5.74, 6) is -0.00110. The van der Waals surface area contributed by atoms with Gasteiger partial charge in [0.05, 0.1) is 18.3 Å². The second-order valence-electron chi connectivity index (χ2n) is 9.72. The van der Waals surface area contributed by atoms with E-state index in [4.69, 9.17) is 4.74 Å². The number of likely N-dealkylation sites (tertiary alicyclic amines) is 1. The monoisotopic (exact) mass is 517 g/mol. The maximum Gasteiger partial charge on any atom is 0.229 e. The molecular formula is C27H33ClFN3O4. The minimum atomic E-state index is -0.787. The zero-order chi connectivity index (χ0) is 24.4. The van der Waals surface area contributed by atoms with Crippen molar-refractivity contribution >= 4 is 29.9 Å². The molecule has 0 saturated carbocycles. The van der Waals surface area contributed by atoms with E-state index in [-0.39, 0.29) is 42.7 Å². The number of aliphatic hydroxyl groups excluding tert-OH is 1. The van der Waals surface area contributed by atoms with Crippen molar-refractivity contribution in [2.45, 2.75) is 44.3 Å². The first-order valence-electron chi connectivity index (χ1n) is 12.5. The van der Waals surface area contributed by atoms with Crippen molar-refractivity contribution in [3.05, 3.63) is 59.4 Å². The predicted octanol–water partition coefficient (Wildman–Crippen LogP) is 2.82. The van der Waals surface area contributed by atoms with Crippen LogP contribution in [0.1, 0.15) is 30.4 Å². The Labute approximate surface area is 217 Å². The molecule has 9 heteroatoms. The van der Waals surface area contributed by atoms with Gasteiger partial charge in [-0.05, 0) is 29.7 Å². The van der Waals surface area contributed by atoms with Crippen LogP contribution in [0.25, 0.3) is 0 Å². The summed E-state index contributed by atoms with van der Waals surface area (Å²) in [6, 6.07) is 13.1. The number of nitrogens with zero attached hydrogens (tertiary/aromatic N) is 3. The molecule has 2 amide bonds.